The molecule has 0 radical (unpaired) electrons. The van der Waals surface area contributed by atoms with E-state index >= 15 is 0 Å². The maximum Gasteiger partial charge on any atom is 0.324 e. The maximum absolute atomic E-state index is 14.5. The Bertz CT molecular complexity index is 2420. The number of benzene rings is 1. The van der Waals surface area contributed by atoms with Gasteiger partial charge < -0.3 is 29.2 Å². The molecule has 2 fully saturated rings. The Labute approximate surface area is 374 Å². The van der Waals surface area contributed by atoms with E-state index in [-0.39, 0.29) is 50.1 Å². The highest BCUT2D eigenvalue weighted by molar-refractivity contribution is 5.96. The summed E-state index contributed by atoms with van der Waals surface area (Å²) >= 11 is 0. The van der Waals surface area contributed by atoms with Gasteiger partial charge in [0.15, 0.2) is 5.82 Å². The number of cyclic esters (lactones) is 1. The fourth-order valence-corrected chi connectivity index (χ4v) is 9.42. The summed E-state index contributed by atoms with van der Waals surface area (Å²) in [6.45, 7) is 17.1. The lowest BCUT2D eigenvalue weighted by atomic mass is 9.84. The van der Waals surface area contributed by atoms with E-state index in [1.165, 1.54) is 27.0 Å². The molecule has 2 saturated heterocycles. The first-order valence-corrected chi connectivity index (χ1v) is 22.3. The highest BCUT2D eigenvalue weighted by Gasteiger charge is 2.40. The van der Waals surface area contributed by atoms with E-state index in [1.54, 1.807) is 25.3 Å². The van der Waals surface area contributed by atoms with Crippen molar-refractivity contribution in [2.24, 2.45) is 17.3 Å². The summed E-state index contributed by atoms with van der Waals surface area (Å²) < 4.78 is 15.7. The van der Waals surface area contributed by atoms with Gasteiger partial charge in [-0.05, 0) is 87.4 Å². The molecule has 5 atom stereocenters. The van der Waals surface area contributed by atoms with E-state index < -0.39 is 47.2 Å². The molecular formula is C47H62N10O7. The molecule has 17 heteroatoms. The zero-order valence-corrected chi connectivity index (χ0v) is 38.3. The Morgan fingerprint density at radius 2 is 1.89 bits per heavy atom. The van der Waals surface area contributed by atoms with Gasteiger partial charge in [0.25, 0.3) is 5.91 Å². The lowest BCUT2D eigenvalue weighted by molar-refractivity contribution is -0.155. The van der Waals surface area contributed by atoms with Crippen LogP contribution in [0.2, 0.25) is 0 Å². The number of carbonyl (C=O) groups is 5. The molecule has 1 aromatic carbocycles. The van der Waals surface area contributed by atoms with Gasteiger partial charge in [0.05, 0.1) is 36.6 Å². The number of hydrogen-bond acceptors (Lipinski definition) is 11. The zero-order valence-electron chi connectivity index (χ0n) is 38.3. The number of esters is 1. The van der Waals surface area contributed by atoms with Crippen molar-refractivity contribution >= 4 is 40.5 Å². The number of aryl methyl sites for hydroxylation is 1. The van der Waals surface area contributed by atoms with Crippen LogP contribution in [-0.2, 0) is 53.0 Å². The number of nitrogens with zero attached hydrogens (tertiary/aromatic N) is 8. The number of fused-ring (bicyclic) bond motifs is 6. The number of aromatic nitrogens is 5. The predicted molar refractivity (Wildman–Crippen MR) is 240 cm³/mol. The van der Waals surface area contributed by atoms with Crippen molar-refractivity contribution in [1.82, 2.24) is 49.9 Å². The Morgan fingerprint density at radius 3 is 2.61 bits per heavy atom. The molecule has 0 spiro atoms. The topological polar surface area (TPSA) is 186 Å². The standard InChI is InChI=1S/C47H62N10O7/c1-10-38(58)54-21-18-31(24-54)44(60)53(8)40(28(3)4)43(59)50-36-25-55-27-49-42(52-55)30-16-17-37-33(22-30)34(41(56(37)11-2)32-14-12-19-48-39(32)29(5)63-9)23-47(6,7)26-64-46(62)35-15-13-20-57(51-35)45(36)61/h10,12,14,16-17,19,22,27-29,31,35-36,40,51H,1,11,13,15,18,20-21,23-26H2,2-9H3,(H,50,59)/t29-,31-,35-,36-,40-/m0/s1. The molecule has 7 rings (SSSR count). The summed E-state index contributed by atoms with van der Waals surface area (Å²) in [5.41, 5.74) is 8.17. The van der Waals surface area contributed by atoms with Crippen LogP contribution in [0.25, 0.3) is 33.5 Å². The number of likely N-dealkylation sites (N-methyl/N-ethyl adjacent to an activating group) is 1. The van der Waals surface area contributed by atoms with Crippen LogP contribution < -0.4 is 10.7 Å². The summed E-state index contributed by atoms with van der Waals surface area (Å²) in [6.07, 6.45) is 6.25. The molecule has 342 valence electrons. The van der Waals surface area contributed by atoms with Crippen molar-refractivity contribution in [2.75, 3.05) is 40.4 Å². The second-order valence-corrected chi connectivity index (χ2v) is 18.3. The van der Waals surface area contributed by atoms with Gasteiger partial charge >= 0.3 is 5.97 Å². The molecule has 3 aliphatic heterocycles. The number of amides is 4. The molecule has 0 aliphatic carbocycles. The van der Waals surface area contributed by atoms with Gasteiger partial charge in [-0.1, -0.05) is 34.3 Å². The summed E-state index contributed by atoms with van der Waals surface area (Å²) in [5.74, 6) is -2.37. The van der Waals surface area contributed by atoms with Crippen molar-refractivity contribution in [3.63, 3.8) is 0 Å². The third-order valence-electron chi connectivity index (χ3n) is 12.8. The van der Waals surface area contributed by atoms with Crippen molar-refractivity contribution in [1.29, 1.82) is 0 Å². The van der Waals surface area contributed by atoms with E-state index in [4.69, 9.17) is 24.5 Å². The molecule has 4 aromatic rings. The quantitative estimate of drug-likeness (QED) is 0.171. The highest BCUT2D eigenvalue weighted by atomic mass is 16.5. The van der Waals surface area contributed by atoms with Crippen molar-refractivity contribution < 1.29 is 33.4 Å². The Balaban J connectivity index is 1.27. The summed E-state index contributed by atoms with van der Waals surface area (Å²) in [5, 5.41) is 10.2. The van der Waals surface area contributed by atoms with Crippen molar-refractivity contribution in [3.05, 3.63) is 66.8 Å². The molecule has 6 bridgehead atoms. The SMILES string of the molecule is C=CC(=O)N1CC[C@H](C(=O)N(C)[C@H](C(=O)N[C@H]2Cn3cnc(n3)-c3ccc4c(c3)c(c(-c3cccnc3[C@H](C)OC)n4CC)CC(C)(C)COC(=O)[C@@H]3CCCN(N3)C2=O)C(C)C)C1. The Kier molecular flexibility index (Phi) is 13.7. The van der Waals surface area contributed by atoms with Gasteiger partial charge in [-0.25, -0.2) is 15.1 Å². The molecule has 64 heavy (non-hydrogen) atoms. The molecule has 3 aromatic heterocycles. The minimum atomic E-state index is -1.17. The molecular weight excluding hydrogens is 817 g/mol. The lowest BCUT2D eigenvalue weighted by Crippen LogP contribution is -2.62. The highest BCUT2D eigenvalue weighted by Crippen LogP contribution is 2.41. The van der Waals surface area contributed by atoms with Gasteiger partial charge in [0.1, 0.15) is 24.5 Å². The van der Waals surface area contributed by atoms with Crippen molar-refractivity contribution in [3.8, 4) is 22.6 Å². The molecule has 0 unspecified atom stereocenters. The van der Waals surface area contributed by atoms with Crippen LogP contribution in [0.4, 0.5) is 0 Å². The van der Waals surface area contributed by atoms with E-state index in [9.17, 15) is 24.0 Å². The lowest BCUT2D eigenvalue weighted by Gasteiger charge is -2.37. The first kappa shape index (κ1) is 46.1. The van der Waals surface area contributed by atoms with Gasteiger partial charge in [0, 0.05) is 74.0 Å². The fourth-order valence-electron chi connectivity index (χ4n) is 9.42. The number of nitrogens with one attached hydrogen (secondary N) is 2. The van der Waals surface area contributed by atoms with Crippen LogP contribution in [0.3, 0.4) is 0 Å². The monoisotopic (exact) mass is 878 g/mol. The molecule has 2 N–H and O–H groups in total. The minimum absolute atomic E-state index is 0.0892. The summed E-state index contributed by atoms with van der Waals surface area (Å²) in [4.78, 5) is 81.4. The van der Waals surface area contributed by atoms with Crippen LogP contribution in [0, 0.1) is 17.3 Å². The number of hydrogen-bond donors (Lipinski definition) is 2. The van der Waals surface area contributed by atoms with E-state index in [0.717, 1.165) is 39.0 Å². The largest absolute Gasteiger partial charge is 0.464 e. The number of likely N-dealkylation sites (tertiary alicyclic amines) is 1. The minimum Gasteiger partial charge on any atom is -0.464 e. The van der Waals surface area contributed by atoms with Gasteiger partial charge in [-0.2, -0.15) is 5.10 Å². The van der Waals surface area contributed by atoms with Gasteiger partial charge in [-0.3, -0.25) is 34.0 Å². The number of carbonyl (C=O) groups excluding carboxylic acids is 5. The first-order valence-electron chi connectivity index (χ1n) is 22.3. The number of ether oxygens (including phenoxy) is 2. The smallest absolute Gasteiger partial charge is 0.324 e. The third-order valence-corrected chi connectivity index (χ3v) is 12.8. The third kappa shape index (κ3) is 9.32. The van der Waals surface area contributed by atoms with Crippen LogP contribution in [-0.4, -0.2) is 127 Å². The van der Waals surface area contributed by atoms with E-state index in [1.807, 2.05) is 32.9 Å². The van der Waals surface area contributed by atoms with E-state index in [2.05, 4.69) is 60.9 Å². The zero-order chi connectivity index (χ0) is 46.0. The van der Waals surface area contributed by atoms with Crippen LogP contribution in [0.5, 0.6) is 0 Å². The maximum atomic E-state index is 14.5. The number of rotatable bonds is 10. The second-order valence-electron chi connectivity index (χ2n) is 18.3. The fraction of sp³-hybridized carbons (Fsp3) is 0.532. The van der Waals surface area contributed by atoms with Gasteiger partial charge in [0.2, 0.25) is 17.7 Å². The van der Waals surface area contributed by atoms with Crippen molar-refractivity contribution in [2.45, 2.75) is 105 Å². The molecule has 4 amide bonds. The number of hydrazine groups is 1. The van der Waals surface area contributed by atoms with Crippen LogP contribution in [0.1, 0.15) is 78.2 Å². The molecule has 17 nitrogen and oxygen atoms in total. The average Bonchev–Trinajstić information content (AvgIpc) is 4.05. The van der Waals surface area contributed by atoms with Gasteiger partial charge in [-0.15, -0.1) is 0 Å². The normalized spacial score (nSPS) is 21.3. The summed E-state index contributed by atoms with van der Waals surface area (Å²) in [7, 11) is 3.26. The van der Waals surface area contributed by atoms with Crippen LogP contribution >= 0.6 is 0 Å². The Hall–Kier alpha value is -5.94. The number of pyridine rings is 1. The Morgan fingerprint density at radius 1 is 1.11 bits per heavy atom. The second kappa shape index (κ2) is 19.0. The van der Waals surface area contributed by atoms with Crippen LogP contribution in [0.15, 0.2) is 55.5 Å². The number of methoxy groups -OCH3 is 1. The molecule has 0 saturated carbocycles. The molecule has 6 heterocycles. The predicted octanol–water partition coefficient (Wildman–Crippen LogP) is 4.31. The first-order chi connectivity index (χ1) is 30.5. The summed E-state index contributed by atoms with van der Waals surface area (Å²) in [6, 6.07) is 7.23. The average molecular weight is 879 g/mol. The molecule has 3 aliphatic rings. The van der Waals surface area contributed by atoms with E-state index in [0.29, 0.717) is 44.6 Å².